The molecule has 28 heavy (non-hydrogen) atoms. The molecule has 0 spiro atoms. The third kappa shape index (κ3) is 5.35. The third-order valence-electron chi connectivity index (χ3n) is 4.26. The molecule has 0 radical (unpaired) electrons. The molecule has 0 saturated carbocycles. The van der Waals surface area contributed by atoms with E-state index in [1.54, 1.807) is 6.92 Å². The van der Waals surface area contributed by atoms with Gasteiger partial charge < -0.3 is 20.1 Å². The molecule has 152 valence electrons. The van der Waals surface area contributed by atoms with Gasteiger partial charge in [-0.25, -0.2) is 14.4 Å². The van der Waals surface area contributed by atoms with Gasteiger partial charge in [0.1, 0.15) is 12.1 Å². The molecule has 1 heterocycles. The summed E-state index contributed by atoms with van der Waals surface area (Å²) in [5.74, 6) is -1.98. The number of nitrogens with one attached hydrogen (secondary N) is 3. The van der Waals surface area contributed by atoms with Crippen molar-refractivity contribution >= 4 is 29.6 Å². The van der Waals surface area contributed by atoms with E-state index in [0.717, 1.165) is 0 Å². The Morgan fingerprint density at radius 1 is 1.25 bits per heavy atom. The lowest BCUT2D eigenvalue weighted by atomic mass is 10.2. The van der Waals surface area contributed by atoms with Gasteiger partial charge in [0.05, 0.1) is 17.9 Å². The number of aromatic carboxylic acids is 1. The van der Waals surface area contributed by atoms with Gasteiger partial charge in [-0.05, 0) is 51.0 Å². The van der Waals surface area contributed by atoms with Gasteiger partial charge in [0, 0.05) is 6.54 Å². The molecule has 1 fully saturated rings. The topological polar surface area (TPSA) is 137 Å². The monoisotopic (exact) mass is 392 g/mol. The summed E-state index contributed by atoms with van der Waals surface area (Å²) in [5, 5.41) is 11.4. The lowest BCUT2D eigenvalue weighted by Gasteiger charge is -2.25. The SMILES string of the molecule is CCOC(=O)C(C)NC(=O)N1CCC[C@H]1C(=O)NNc1ccc(C(=O)O)cc1. The molecule has 1 saturated heterocycles. The van der Waals surface area contributed by atoms with Gasteiger partial charge in [-0.15, -0.1) is 0 Å². The number of likely N-dealkylation sites (tertiary alicyclic amines) is 1. The van der Waals surface area contributed by atoms with Gasteiger partial charge >= 0.3 is 18.0 Å². The summed E-state index contributed by atoms with van der Waals surface area (Å²) in [6.07, 6.45) is 1.15. The number of hydrogen-bond acceptors (Lipinski definition) is 6. The highest BCUT2D eigenvalue weighted by Crippen LogP contribution is 2.18. The molecule has 2 rings (SSSR count). The summed E-state index contributed by atoms with van der Waals surface area (Å²) in [4.78, 5) is 48.7. The minimum absolute atomic E-state index is 0.131. The van der Waals surface area contributed by atoms with Gasteiger partial charge in [0.2, 0.25) is 0 Å². The number of ether oxygens (including phenoxy) is 1. The summed E-state index contributed by atoms with van der Waals surface area (Å²) < 4.78 is 4.85. The molecular formula is C18H24N4O6. The highest BCUT2D eigenvalue weighted by atomic mass is 16.5. The number of esters is 1. The predicted molar refractivity (Wildman–Crippen MR) is 99.5 cm³/mol. The Bertz CT molecular complexity index is 736. The fourth-order valence-electron chi connectivity index (χ4n) is 2.79. The maximum Gasteiger partial charge on any atom is 0.335 e. The van der Waals surface area contributed by atoms with Crippen molar-refractivity contribution in [2.45, 2.75) is 38.8 Å². The molecule has 0 aromatic heterocycles. The molecule has 1 unspecified atom stereocenters. The van der Waals surface area contributed by atoms with E-state index < -0.39 is 36.0 Å². The third-order valence-corrected chi connectivity index (χ3v) is 4.26. The van der Waals surface area contributed by atoms with Crippen molar-refractivity contribution in [2.75, 3.05) is 18.6 Å². The van der Waals surface area contributed by atoms with Crippen LogP contribution >= 0.6 is 0 Å². The second kappa shape index (κ2) is 9.58. The summed E-state index contributed by atoms with van der Waals surface area (Å²) in [7, 11) is 0. The molecule has 1 aliphatic rings. The number of benzene rings is 1. The van der Waals surface area contributed by atoms with Crippen LogP contribution < -0.4 is 16.2 Å². The van der Waals surface area contributed by atoms with Crippen molar-refractivity contribution in [1.29, 1.82) is 0 Å². The molecule has 10 heteroatoms. The van der Waals surface area contributed by atoms with Crippen molar-refractivity contribution in [3.05, 3.63) is 29.8 Å². The average molecular weight is 392 g/mol. The lowest BCUT2D eigenvalue weighted by molar-refractivity contribution is -0.144. The molecule has 10 nitrogen and oxygen atoms in total. The normalized spacial score (nSPS) is 16.8. The maximum absolute atomic E-state index is 12.4. The zero-order chi connectivity index (χ0) is 20.7. The zero-order valence-corrected chi connectivity index (χ0v) is 15.7. The summed E-state index contributed by atoms with van der Waals surface area (Å²) in [5.41, 5.74) is 5.85. The van der Waals surface area contributed by atoms with Crippen molar-refractivity contribution in [3.63, 3.8) is 0 Å². The Morgan fingerprint density at radius 3 is 2.54 bits per heavy atom. The van der Waals surface area contributed by atoms with Gasteiger partial charge in [0.15, 0.2) is 0 Å². The van der Waals surface area contributed by atoms with Crippen LogP contribution in [0.15, 0.2) is 24.3 Å². The van der Waals surface area contributed by atoms with E-state index in [1.165, 1.54) is 36.1 Å². The molecule has 0 bridgehead atoms. The minimum atomic E-state index is -1.04. The Kier molecular flexibility index (Phi) is 7.19. The van der Waals surface area contributed by atoms with Gasteiger partial charge in [-0.3, -0.25) is 15.6 Å². The van der Waals surface area contributed by atoms with Crippen LogP contribution in [0.1, 0.15) is 37.0 Å². The van der Waals surface area contributed by atoms with E-state index in [2.05, 4.69) is 16.2 Å². The molecule has 4 N–H and O–H groups in total. The average Bonchev–Trinajstić information content (AvgIpc) is 3.16. The quantitative estimate of drug-likeness (QED) is 0.400. The van der Waals surface area contributed by atoms with E-state index in [0.29, 0.717) is 25.1 Å². The largest absolute Gasteiger partial charge is 0.478 e. The Morgan fingerprint density at radius 2 is 1.93 bits per heavy atom. The fraction of sp³-hybridized carbons (Fsp3) is 0.444. The maximum atomic E-state index is 12.4. The first-order chi connectivity index (χ1) is 13.3. The number of rotatable bonds is 7. The number of carboxylic acids is 1. The standard InChI is InChI=1S/C18H24N4O6/c1-3-28-17(26)11(2)19-18(27)22-10-4-5-14(22)15(23)21-20-13-8-6-12(7-9-13)16(24)25/h6-9,11,14,20H,3-5,10H2,1-2H3,(H,19,27)(H,21,23)(H,24,25)/t11?,14-/m0/s1. The van der Waals surface area contributed by atoms with E-state index in [9.17, 15) is 19.2 Å². The molecule has 3 amide bonds. The van der Waals surface area contributed by atoms with Gasteiger partial charge in [-0.1, -0.05) is 0 Å². The first-order valence-electron chi connectivity index (χ1n) is 8.96. The van der Waals surface area contributed by atoms with E-state index in [-0.39, 0.29) is 12.2 Å². The summed E-state index contributed by atoms with van der Waals surface area (Å²) in [6, 6.07) is 3.84. The number of anilines is 1. The summed E-state index contributed by atoms with van der Waals surface area (Å²) in [6.45, 7) is 3.80. The summed E-state index contributed by atoms with van der Waals surface area (Å²) >= 11 is 0. The van der Waals surface area contributed by atoms with Crippen molar-refractivity contribution in [3.8, 4) is 0 Å². The van der Waals surface area contributed by atoms with Crippen molar-refractivity contribution in [2.24, 2.45) is 0 Å². The number of amides is 3. The van der Waals surface area contributed by atoms with Crippen LogP contribution in [0, 0.1) is 0 Å². The van der Waals surface area contributed by atoms with Gasteiger partial charge in [0.25, 0.3) is 5.91 Å². The van der Waals surface area contributed by atoms with Crippen LogP contribution in [-0.4, -0.2) is 59.1 Å². The number of carbonyl (C=O) groups excluding carboxylic acids is 3. The fourth-order valence-corrected chi connectivity index (χ4v) is 2.79. The van der Waals surface area contributed by atoms with E-state index in [4.69, 9.17) is 9.84 Å². The molecule has 1 aromatic carbocycles. The molecule has 2 atom stereocenters. The number of carboxylic acid groups (broad SMARTS) is 1. The zero-order valence-electron chi connectivity index (χ0n) is 15.7. The molecule has 0 aliphatic carbocycles. The number of carbonyl (C=O) groups is 4. The molecule has 1 aliphatic heterocycles. The van der Waals surface area contributed by atoms with E-state index >= 15 is 0 Å². The highest BCUT2D eigenvalue weighted by Gasteiger charge is 2.35. The number of hydrazine groups is 1. The van der Waals surface area contributed by atoms with Crippen LogP contribution in [0.25, 0.3) is 0 Å². The first kappa shape index (κ1) is 21.0. The lowest BCUT2D eigenvalue weighted by Crippen LogP contribution is -2.53. The van der Waals surface area contributed by atoms with Gasteiger partial charge in [-0.2, -0.15) is 0 Å². The first-order valence-corrected chi connectivity index (χ1v) is 8.96. The Labute approximate surface area is 162 Å². The Balaban J connectivity index is 1.90. The van der Waals surface area contributed by atoms with Crippen molar-refractivity contribution in [1.82, 2.24) is 15.6 Å². The van der Waals surface area contributed by atoms with Crippen LogP contribution in [0.4, 0.5) is 10.5 Å². The predicted octanol–water partition coefficient (Wildman–Crippen LogP) is 0.954. The number of urea groups is 1. The van der Waals surface area contributed by atoms with E-state index in [1.807, 2.05) is 0 Å². The second-order valence-electron chi connectivity index (χ2n) is 6.27. The second-order valence-corrected chi connectivity index (χ2v) is 6.27. The molecule has 1 aromatic rings. The number of hydrogen-bond donors (Lipinski definition) is 4. The van der Waals surface area contributed by atoms with Crippen LogP contribution in [-0.2, 0) is 14.3 Å². The highest BCUT2D eigenvalue weighted by molar-refractivity contribution is 5.90. The van der Waals surface area contributed by atoms with Crippen LogP contribution in [0.5, 0.6) is 0 Å². The van der Waals surface area contributed by atoms with Crippen molar-refractivity contribution < 1.29 is 29.0 Å². The minimum Gasteiger partial charge on any atom is -0.478 e. The van der Waals surface area contributed by atoms with Crippen LogP contribution in [0.2, 0.25) is 0 Å². The Hall–Kier alpha value is -3.30. The smallest absolute Gasteiger partial charge is 0.335 e. The number of nitrogens with zero attached hydrogens (tertiary/aromatic N) is 1. The molecular weight excluding hydrogens is 368 g/mol. The van der Waals surface area contributed by atoms with Crippen LogP contribution in [0.3, 0.4) is 0 Å².